The number of benzene rings is 2. The van der Waals surface area contributed by atoms with Crippen LogP contribution in [-0.4, -0.2) is 31.1 Å². The summed E-state index contributed by atoms with van der Waals surface area (Å²) in [4.78, 5) is 12.5. The van der Waals surface area contributed by atoms with Crippen LogP contribution >= 0.6 is 11.3 Å². The summed E-state index contributed by atoms with van der Waals surface area (Å²) >= 11 is 1.25. The Kier molecular flexibility index (Phi) is 5.52. The van der Waals surface area contributed by atoms with Gasteiger partial charge in [-0.15, -0.1) is 10.2 Å². The third kappa shape index (κ3) is 4.15. The van der Waals surface area contributed by atoms with Gasteiger partial charge >= 0.3 is 0 Å². The van der Waals surface area contributed by atoms with E-state index >= 15 is 0 Å². The fourth-order valence-electron chi connectivity index (χ4n) is 2.53. The van der Waals surface area contributed by atoms with Crippen LogP contribution in [0.5, 0.6) is 0 Å². The summed E-state index contributed by atoms with van der Waals surface area (Å²) in [7, 11) is -3.80. The van der Waals surface area contributed by atoms with Crippen molar-refractivity contribution < 1.29 is 13.2 Å². The number of rotatable bonds is 6. The van der Waals surface area contributed by atoms with Gasteiger partial charge in [-0.05, 0) is 44.2 Å². The summed E-state index contributed by atoms with van der Waals surface area (Å²) < 4.78 is 27.5. The summed E-state index contributed by atoms with van der Waals surface area (Å²) in [6.45, 7) is 3.81. The molecule has 0 bridgehead atoms. The highest BCUT2D eigenvalue weighted by molar-refractivity contribution is 7.92. The fourth-order valence-corrected chi connectivity index (χ4v) is 4.63. The molecule has 0 saturated heterocycles. The van der Waals surface area contributed by atoms with Crippen molar-refractivity contribution >= 4 is 38.1 Å². The summed E-state index contributed by atoms with van der Waals surface area (Å²) in [5.74, 6) is -0.439. The largest absolute Gasteiger partial charge is 0.296 e. The Balaban J connectivity index is 1.90. The smallest absolute Gasteiger partial charge is 0.264 e. The van der Waals surface area contributed by atoms with Crippen LogP contribution in [0.25, 0.3) is 0 Å². The minimum atomic E-state index is -3.80. The number of anilines is 2. The van der Waals surface area contributed by atoms with E-state index in [4.69, 9.17) is 0 Å². The van der Waals surface area contributed by atoms with Crippen LogP contribution < -0.4 is 9.62 Å². The van der Waals surface area contributed by atoms with Crippen molar-refractivity contribution in [3.8, 4) is 0 Å². The highest BCUT2D eigenvalue weighted by Crippen LogP contribution is 2.24. The Morgan fingerprint density at radius 2 is 1.85 bits per heavy atom. The van der Waals surface area contributed by atoms with Gasteiger partial charge in [0.05, 0.1) is 10.6 Å². The summed E-state index contributed by atoms with van der Waals surface area (Å²) in [6.07, 6.45) is 0. The topological polar surface area (TPSA) is 92.3 Å². The number of aromatic nitrogens is 2. The maximum absolute atomic E-state index is 13.1. The molecule has 1 amide bonds. The molecule has 0 aliphatic heterocycles. The highest BCUT2D eigenvalue weighted by Gasteiger charge is 2.24. The third-order valence-electron chi connectivity index (χ3n) is 3.76. The number of aryl methyl sites for hydroxylation is 1. The molecule has 3 aromatic rings. The molecular weight excluding hydrogens is 384 g/mol. The van der Waals surface area contributed by atoms with Gasteiger partial charge in [-0.2, -0.15) is 0 Å². The molecule has 0 aliphatic rings. The monoisotopic (exact) mass is 402 g/mol. The average molecular weight is 403 g/mol. The second-order valence-corrected chi connectivity index (χ2v) is 8.66. The van der Waals surface area contributed by atoms with Gasteiger partial charge in [0.15, 0.2) is 0 Å². The molecule has 7 nitrogen and oxygen atoms in total. The minimum absolute atomic E-state index is 0.0503. The number of para-hydroxylation sites is 1. The lowest BCUT2D eigenvalue weighted by atomic mass is 10.2. The number of carbonyl (C=O) groups excluding carboxylic acids is 1. The van der Waals surface area contributed by atoms with Gasteiger partial charge in [0, 0.05) is 12.1 Å². The SMILES string of the molecule is CCN(c1ccccc1)S(=O)(=O)c1cccc(C(=O)Nc2nnc(C)s2)c1. The lowest BCUT2D eigenvalue weighted by Crippen LogP contribution is -2.30. The molecule has 9 heteroatoms. The fraction of sp³-hybridized carbons (Fsp3) is 0.167. The molecule has 140 valence electrons. The summed E-state index contributed by atoms with van der Waals surface area (Å²) in [5.41, 5.74) is 0.798. The minimum Gasteiger partial charge on any atom is -0.296 e. The lowest BCUT2D eigenvalue weighted by molar-refractivity contribution is 0.102. The first-order valence-corrected chi connectivity index (χ1v) is 10.5. The Hall–Kier alpha value is -2.78. The van der Waals surface area contributed by atoms with Crippen molar-refractivity contribution in [3.05, 3.63) is 65.2 Å². The zero-order valence-corrected chi connectivity index (χ0v) is 16.4. The Morgan fingerprint density at radius 3 is 2.48 bits per heavy atom. The van der Waals surface area contributed by atoms with Gasteiger partial charge in [-0.25, -0.2) is 8.42 Å². The number of hydrogen-bond acceptors (Lipinski definition) is 6. The second-order valence-electron chi connectivity index (χ2n) is 5.61. The Labute approximate surface area is 161 Å². The Bertz CT molecular complexity index is 1050. The van der Waals surface area contributed by atoms with Crippen LogP contribution in [0.2, 0.25) is 0 Å². The predicted molar refractivity (Wildman–Crippen MR) is 106 cm³/mol. The molecular formula is C18H18N4O3S2. The van der Waals surface area contributed by atoms with Crippen molar-refractivity contribution in [3.63, 3.8) is 0 Å². The summed E-state index contributed by atoms with van der Waals surface area (Å²) in [6, 6.07) is 14.8. The van der Waals surface area contributed by atoms with Gasteiger partial charge in [0.1, 0.15) is 5.01 Å². The van der Waals surface area contributed by atoms with Gasteiger partial charge in [-0.1, -0.05) is 35.6 Å². The highest BCUT2D eigenvalue weighted by atomic mass is 32.2. The van der Waals surface area contributed by atoms with Crippen LogP contribution in [-0.2, 0) is 10.0 Å². The van der Waals surface area contributed by atoms with Crippen LogP contribution in [0.15, 0.2) is 59.5 Å². The van der Waals surface area contributed by atoms with E-state index in [2.05, 4.69) is 15.5 Å². The van der Waals surface area contributed by atoms with Crippen molar-refractivity contribution in [1.82, 2.24) is 10.2 Å². The van der Waals surface area contributed by atoms with E-state index in [9.17, 15) is 13.2 Å². The van der Waals surface area contributed by atoms with E-state index in [0.29, 0.717) is 10.8 Å². The molecule has 0 unspecified atom stereocenters. The normalized spacial score (nSPS) is 11.2. The summed E-state index contributed by atoms with van der Waals surface area (Å²) in [5, 5.41) is 11.4. The zero-order chi connectivity index (χ0) is 19.4. The first-order valence-electron chi connectivity index (χ1n) is 8.21. The quantitative estimate of drug-likeness (QED) is 0.683. The van der Waals surface area contributed by atoms with E-state index in [1.54, 1.807) is 50.2 Å². The first kappa shape index (κ1) is 19.0. The standard InChI is InChI=1S/C18H18N4O3S2/c1-3-22(15-9-5-4-6-10-15)27(24,25)16-11-7-8-14(12-16)17(23)19-18-21-20-13(2)26-18/h4-12H,3H2,1-2H3,(H,19,21,23). The number of hydrogen-bond donors (Lipinski definition) is 1. The molecule has 1 N–H and O–H groups in total. The molecule has 27 heavy (non-hydrogen) atoms. The number of nitrogens with zero attached hydrogens (tertiary/aromatic N) is 3. The zero-order valence-electron chi connectivity index (χ0n) is 14.8. The molecule has 0 spiro atoms. The molecule has 0 radical (unpaired) electrons. The second kappa shape index (κ2) is 7.85. The van der Waals surface area contributed by atoms with E-state index in [1.807, 2.05) is 6.07 Å². The van der Waals surface area contributed by atoms with Gasteiger partial charge < -0.3 is 0 Å². The van der Waals surface area contributed by atoms with E-state index in [0.717, 1.165) is 5.01 Å². The van der Waals surface area contributed by atoms with Gasteiger partial charge in [0.2, 0.25) is 5.13 Å². The van der Waals surface area contributed by atoms with Crippen molar-refractivity contribution in [1.29, 1.82) is 0 Å². The molecule has 0 saturated carbocycles. The van der Waals surface area contributed by atoms with Crippen LogP contribution in [0.1, 0.15) is 22.3 Å². The van der Waals surface area contributed by atoms with Gasteiger partial charge in [-0.3, -0.25) is 14.4 Å². The van der Waals surface area contributed by atoms with Crippen LogP contribution in [0, 0.1) is 6.92 Å². The van der Waals surface area contributed by atoms with Crippen molar-refractivity contribution in [2.75, 3.05) is 16.2 Å². The van der Waals surface area contributed by atoms with Crippen LogP contribution in [0.4, 0.5) is 10.8 Å². The maximum Gasteiger partial charge on any atom is 0.264 e. The lowest BCUT2D eigenvalue weighted by Gasteiger charge is -2.23. The number of nitrogens with one attached hydrogen (secondary N) is 1. The molecule has 1 aromatic heterocycles. The predicted octanol–water partition coefficient (Wildman–Crippen LogP) is 3.31. The average Bonchev–Trinajstić information content (AvgIpc) is 3.08. The molecule has 0 aliphatic carbocycles. The molecule has 1 heterocycles. The van der Waals surface area contributed by atoms with Crippen molar-refractivity contribution in [2.24, 2.45) is 0 Å². The molecule has 2 aromatic carbocycles. The van der Waals surface area contributed by atoms with E-state index < -0.39 is 15.9 Å². The molecule has 0 atom stereocenters. The maximum atomic E-state index is 13.1. The van der Waals surface area contributed by atoms with Gasteiger partial charge in [0.25, 0.3) is 15.9 Å². The number of amides is 1. The number of sulfonamides is 1. The first-order chi connectivity index (χ1) is 12.9. The van der Waals surface area contributed by atoms with Crippen molar-refractivity contribution in [2.45, 2.75) is 18.7 Å². The Morgan fingerprint density at radius 1 is 1.11 bits per heavy atom. The number of carbonyl (C=O) groups is 1. The third-order valence-corrected chi connectivity index (χ3v) is 6.42. The molecule has 3 rings (SSSR count). The van der Waals surface area contributed by atoms with Crippen LogP contribution in [0.3, 0.4) is 0 Å². The van der Waals surface area contributed by atoms with E-state index in [1.165, 1.54) is 27.8 Å². The van der Waals surface area contributed by atoms with E-state index in [-0.39, 0.29) is 17.0 Å². The molecule has 0 fully saturated rings.